The largest absolute Gasteiger partial charge is 0.357 e. The smallest absolute Gasteiger partial charge is 0.191 e. The van der Waals surface area contributed by atoms with Gasteiger partial charge in [-0.05, 0) is 37.1 Å². The predicted molar refractivity (Wildman–Crippen MR) is 124 cm³/mol. The van der Waals surface area contributed by atoms with Gasteiger partial charge in [0.05, 0.1) is 18.8 Å². The van der Waals surface area contributed by atoms with Crippen molar-refractivity contribution in [2.75, 3.05) is 6.54 Å². The van der Waals surface area contributed by atoms with Crippen LogP contribution in [-0.4, -0.2) is 38.3 Å². The average molecular weight is 418 g/mol. The number of hydrogen-bond donors (Lipinski definition) is 2. The number of aliphatic imine (C=N–C) groups is 1. The van der Waals surface area contributed by atoms with Crippen LogP contribution in [0.3, 0.4) is 0 Å². The molecule has 7 heteroatoms. The lowest BCUT2D eigenvalue weighted by atomic mass is 10.1. The highest BCUT2D eigenvalue weighted by Crippen LogP contribution is 2.19. The van der Waals surface area contributed by atoms with Gasteiger partial charge in [-0.25, -0.2) is 14.7 Å². The van der Waals surface area contributed by atoms with E-state index in [1.165, 1.54) is 0 Å². The lowest BCUT2D eigenvalue weighted by molar-refractivity contribution is 0.391. The number of guanidine groups is 1. The van der Waals surface area contributed by atoms with Crippen LogP contribution in [0.15, 0.2) is 53.7 Å². The van der Waals surface area contributed by atoms with Crippen LogP contribution in [-0.2, 0) is 19.5 Å². The van der Waals surface area contributed by atoms with Gasteiger partial charge >= 0.3 is 0 Å². The van der Waals surface area contributed by atoms with Crippen molar-refractivity contribution in [1.82, 2.24) is 30.4 Å². The highest BCUT2D eigenvalue weighted by atomic mass is 15.4. The summed E-state index contributed by atoms with van der Waals surface area (Å²) >= 11 is 0. The molecule has 2 aromatic heterocycles. The van der Waals surface area contributed by atoms with Crippen LogP contribution in [0.4, 0.5) is 0 Å². The van der Waals surface area contributed by atoms with E-state index < -0.39 is 0 Å². The Labute approximate surface area is 184 Å². The molecule has 0 saturated heterocycles. The summed E-state index contributed by atoms with van der Waals surface area (Å²) in [6.45, 7) is 8.60. The zero-order chi connectivity index (χ0) is 21.6. The van der Waals surface area contributed by atoms with Crippen molar-refractivity contribution < 1.29 is 0 Å². The first-order valence-electron chi connectivity index (χ1n) is 11.1. The van der Waals surface area contributed by atoms with Crippen LogP contribution in [0.25, 0.3) is 11.3 Å². The topological polar surface area (TPSA) is 80.0 Å². The lowest BCUT2D eigenvalue weighted by Crippen LogP contribution is -2.47. The number of hydrogen-bond acceptors (Lipinski definition) is 4. The molecule has 1 aliphatic rings. The maximum atomic E-state index is 4.83. The summed E-state index contributed by atoms with van der Waals surface area (Å²) in [5, 5.41) is 11.7. The number of rotatable bonds is 6. The van der Waals surface area contributed by atoms with E-state index in [4.69, 9.17) is 4.99 Å². The molecule has 0 aliphatic carbocycles. The fraction of sp³-hybridized carbons (Fsp3) is 0.417. The number of benzene rings is 1. The van der Waals surface area contributed by atoms with Gasteiger partial charge in [-0.3, -0.25) is 4.98 Å². The standard InChI is InChI=1S/C24H31N7/c1-4-25-24(28-20-11-12-22-29-23(17(2)3)30-31(22)16-20)27-15-18-8-7-9-19(14-18)21-10-5-6-13-26-21/h5-10,13-14,17,20H,4,11-12,15-16H2,1-3H3,(H2,25,27,28). The molecule has 7 nitrogen and oxygen atoms in total. The van der Waals surface area contributed by atoms with Gasteiger partial charge in [-0.15, -0.1) is 0 Å². The van der Waals surface area contributed by atoms with E-state index in [0.29, 0.717) is 12.5 Å². The first kappa shape index (κ1) is 21.0. The van der Waals surface area contributed by atoms with Crippen LogP contribution >= 0.6 is 0 Å². The van der Waals surface area contributed by atoms with Gasteiger partial charge in [0.25, 0.3) is 0 Å². The molecule has 0 spiro atoms. The normalized spacial score (nSPS) is 16.3. The lowest BCUT2D eigenvalue weighted by Gasteiger charge is -2.25. The Kier molecular flexibility index (Phi) is 6.60. The number of nitrogens with zero attached hydrogens (tertiary/aromatic N) is 5. The van der Waals surface area contributed by atoms with Crippen LogP contribution < -0.4 is 10.6 Å². The molecular weight excluding hydrogens is 386 g/mol. The molecule has 0 fully saturated rings. The van der Waals surface area contributed by atoms with Gasteiger partial charge in [-0.2, -0.15) is 5.10 Å². The van der Waals surface area contributed by atoms with Crippen molar-refractivity contribution in [2.45, 2.75) is 58.7 Å². The van der Waals surface area contributed by atoms with Crippen molar-refractivity contribution in [1.29, 1.82) is 0 Å². The Balaban J connectivity index is 1.43. The highest BCUT2D eigenvalue weighted by Gasteiger charge is 2.23. The second kappa shape index (κ2) is 9.73. The zero-order valence-electron chi connectivity index (χ0n) is 18.5. The Morgan fingerprint density at radius 1 is 1.23 bits per heavy atom. The number of nitrogens with one attached hydrogen (secondary N) is 2. The minimum absolute atomic E-state index is 0.284. The Morgan fingerprint density at radius 2 is 2.13 bits per heavy atom. The monoisotopic (exact) mass is 417 g/mol. The summed E-state index contributed by atoms with van der Waals surface area (Å²) in [5.74, 6) is 3.22. The summed E-state index contributed by atoms with van der Waals surface area (Å²) < 4.78 is 2.05. The fourth-order valence-corrected chi connectivity index (χ4v) is 3.74. The third-order valence-corrected chi connectivity index (χ3v) is 5.38. The van der Waals surface area contributed by atoms with Crippen LogP contribution in [0, 0.1) is 0 Å². The molecule has 3 aromatic rings. The SMILES string of the molecule is CCNC(=NCc1cccc(-c2ccccn2)c1)NC1CCc2nc(C(C)C)nn2C1. The Morgan fingerprint density at radius 3 is 2.90 bits per heavy atom. The molecule has 2 N–H and O–H groups in total. The van der Waals surface area contributed by atoms with Gasteiger partial charge in [0.1, 0.15) is 5.82 Å². The molecule has 162 valence electrons. The molecule has 4 rings (SSSR count). The van der Waals surface area contributed by atoms with Crippen LogP contribution in [0.5, 0.6) is 0 Å². The minimum Gasteiger partial charge on any atom is -0.357 e. The van der Waals surface area contributed by atoms with Crippen molar-refractivity contribution in [3.63, 3.8) is 0 Å². The molecule has 31 heavy (non-hydrogen) atoms. The van der Waals surface area contributed by atoms with E-state index in [2.05, 4.69) is 75.4 Å². The van der Waals surface area contributed by atoms with Gasteiger partial charge in [0.15, 0.2) is 11.8 Å². The molecule has 3 heterocycles. The summed E-state index contributed by atoms with van der Waals surface area (Å²) in [4.78, 5) is 14.0. The van der Waals surface area contributed by atoms with E-state index in [1.54, 1.807) is 0 Å². The molecule has 1 unspecified atom stereocenters. The zero-order valence-corrected chi connectivity index (χ0v) is 18.5. The third kappa shape index (κ3) is 5.29. The van der Waals surface area contributed by atoms with E-state index in [0.717, 1.165) is 60.4 Å². The quantitative estimate of drug-likeness (QED) is 0.474. The first-order chi connectivity index (χ1) is 15.1. The summed E-state index contributed by atoms with van der Waals surface area (Å²) in [7, 11) is 0. The summed E-state index contributed by atoms with van der Waals surface area (Å²) in [6, 6.07) is 14.7. The van der Waals surface area contributed by atoms with Crippen LogP contribution in [0.2, 0.25) is 0 Å². The summed E-state index contributed by atoms with van der Waals surface area (Å²) in [5.41, 5.74) is 3.24. The molecule has 0 amide bonds. The third-order valence-electron chi connectivity index (χ3n) is 5.38. The molecule has 0 saturated carbocycles. The number of aromatic nitrogens is 4. The minimum atomic E-state index is 0.284. The molecular formula is C24H31N7. The second-order valence-electron chi connectivity index (χ2n) is 8.21. The van der Waals surface area contributed by atoms with Crippen molar-refractivity contribution >= 4 is 5.96 Å². The fourth-order valence-electron chi connectivity index (χ4n) is 3.74. The van der Waals surface area contributed by atoms with Crippen molar-refractivity contribution in [2.24, 2.45) is 4.99 Å². The second-order valence-corrected chi connectivity index (χ2v) is 8.21. The number of pyridine rings is 1. The highest BCUT2D eigenvalue weighted by molar-refractivity contribution is 5.80. The summed E-state index contributed by atoms with van der Waals surface area (Å²) in [6.07, 6.45) is 3.78. The van der Waals surface area contributed by atoms with E-state index in [-0.39, 0.29) is 6.04 Å². The van der Waals surface area contributed by atoms with Crippen molar-refractivity contribution in [3.05, 3.63) is 65.9 Å². The van der Waals surface area contributed by atoms with Gasteiger partial charge in [0.2, 0.25) is 0 Å². The average Bonchev–Trinajstić information content (AvgIpc) is 3.22. The Hall–Kier alpha value is -3.22. The van der Waals surface area contributed by atoms with Gasteiger partial charge in [0, 0.05) is 36.7 Å². The van der Waals surface area contributed by atoms with Gasteiger partial charge < -0.3 is 10.6 Å². The molecule has 1 aromatic carbocycles. The maximum Gasteiger partial charge on any atom is 0.191 e. The predicted octanol–water partition coefficient (Wildman–Crippen LogP) is 3.53. The first-order valence-corrected chi connectivity index (χ1v) is 11.1. The number of aryl methyl sites for hydroxylation is 1. The van der Waals surface area contributed by atoms with Gasteiger partial charge in [-0.1, -0.05) is 38.1 Å². The maximum absolute atomic E-state index is 4.83. The molecule has 1 aliphatic heterocycles. The molecule has 1 atom stereocenters. The Bertz CT molecular complexity index is 1020. The van der Waals surface area contributed by atoms with E-state index in [9.17, 15) is 0 Å². The van der Waals surface area contributed by atoms with E-state index >= 15 is 0 Å². The number of fused-ring (bicyclic) bond motifs is 1. The van der Waals surface area contributed by atoms with E-state index in [1.807, 2.05) is 24.4 Å². The molecule has 0 radical (unpaired) electrons. The van der Waals surface area contributed by atoms with Crippen molar-refractivity contribution in [3.8, 4) is 11.3 Å². The molecule has 0 bridgehead atoms. The van der Waals surface area contributed by atoms with Crippen LogP contribution in [0.1, 0.15) is 50.3 Å².